The van der Waals surface area contributed by atoms with E-state index in [0.29, 0.717) is 12.2 Å². The summed E-state index contributed by atoms with van der Waals surface area (Å²) in [6, 6.07) is 18.0. The van der Waals surface area contributed by atoms with Crippen molar-refractivity contribution in [2.45, 2.75) is 12.5 Å². The van der Waals surface area contributed by atoms with Crippen LogP contribution < -0.4 is 16.0 Å². The molecule has 0 amide bonds. The van der Waals surface area contributed by atoms with Crippen LogP contribution in [0.3, 0.4) is 0 Å². The fourth-order valence-electron chi connectivity index (χ4n) is 1.74. The Bertz CT molecular complexity index is 514. The fourth-order valence-corrected chi connectivity index (χ4v) is 1.74. The standard InChI is InChI=1S/C15H16N2O2/c16-17-14(11-12-7-3-1-4-8-12)15(18)19-13-9-5-2-6-10-13/h1-10,14,17H,11,16H2/t14-/m0/s1. The second-order valence-corrected chi connectivity index (χ2v) is 4.14. The van der Waals surface area contributed by atoms with Crippen LogP contribution in [-0.4, -0.2) is 12.0 Å². The summed E-state index contributed by atoms with van der Waals surface area (Å²) < 4.78 is 5.26. The molecule has 0 aliphatic carbocycles. The highest BCUT2D eigenvalue weighted by atomic mass is 16.5. The van der Waals surface area contributed by atoms with E-state index in [4.69, 9.17) is 10.6 Å². The SMILES string of the molecule is NN[C@@H](Cc1ccccc1)C(=O)Oc1ccccc1. The third-order valence-corrected chi connectivity index (χ3v) is 2.73. The molecule has 0 saturated carbocycles. The van der Waals surface area contributed by atoms with Crippen molar-refractivity contribution in [1.29, 1.82) is 0 Å². The summed E-state index contributed by atoms with van der Waals surface area (Å²) in [6.07, 6.45) is 0.489. The predicted octanol–water partition coefficient (Wildman–Crippen LogP) is 1.67. The highest BCUT2D eigenvalue weighted by Crippen LogP contribution is 2.11. The number of esters is 1. The van der Waals surface area contributed by atoms with Crippen LogP contribution in [0.2, 0.25) is 0 Å². The first kappa shape index (κ1) is 13.3. The van der Waals surface area contributed by atoms with E-state index < -0.39 is 12.0 Å². The van der Waals surface area contributed by atoms with Gasteiger partial charge in [0.25, 0.3) is 0 Å². The fraction of sp³-hybridized carbons (Fsp3) is 0.133. The molecule has 1 atom stereocenters. The van der Waals surface area contributed by atoms with Gasteiger partial charge < -0.3 is 4.74 Å². The minimum Gasteiger partial charge on any atom is -0.425 e. The molecule has 98 valence electrons. The van der Waals surface area contributed by atoms with Crippen LogP contribution in [0.5, 0.6) is 5.75 Å². The zero-order valence-corrected chi connectivity index (χ0v) is 10.5. The maximum Gasteiger partial charge on any atom is 0.330 e. The van der Waals surface area contributed by atoms with Crippen LogP contribution in [0.1, 0.15) is 5.56 Å². The Morgan fingerprint density at radius 3 is 2.21 bits per heavy atom. The van der Waals surface area contributed by atoms with Crippen molar-refractivity contribution < 1.29 is 9.53 Å². The molecule has 2 aromatic carbocycles. The van der Waals surface area contributed by atoms with Crippen molar-refractivity contribution in [2.24, 2.45) is 5.84 Å². The Kier molecular flexibility index (Phi) is 4.66. The molecule has 3 N–H and O–H groups in total. The average Bonchev–Trinajstić information content (AvgIpc) is 2.47. The number of rotatable bonds is 5. The van der Waals surface area contributed by atoms with Crippen LogP contribution in [0, 0.1) is 0 Å². The third-order valence-electron chi connectivity index (χ3n) is 2.73. The van der Waals surface area contributed by atoms with Crippen LogP contribution in [0.15, 0.2) is 60.7 Å². The highest BCUT2D eigenvalue weighted by molar-refractivity contribution is 5.78. The molecule has 19 heavy (non-hydrogen) atoms. The van der Waals surface area contributed by atoms with E-state index in [0.717, 1.165) is 5.56 Å². The van der Waals surface area contributed by atoms with Crippen molar-refractivity contribution in [3.63, 3.8) is 0 Å². The van der Waals surface area contributed by atoms with Gasteiger partial charge in [0.05, 0.1) is 0 Å². The largest absolute Gasteiger partial charge is 0.425 e. The van der Waals surface area contributed by atoms with Crippen LogP contribution in [0.25, 0.3) is 0 Å². The number of carbonyl (C=O) groups is 1. The third kappa shape index (κ3) is 3.91. The van der Waals surface area contributed by atoms with E-state index in [9.17, 15) is 4.79 Å². The monoisotopic (exact) mass is 256 g/mol. The number of hydrazine groups is 1. The summed E-state index contributed by atoms with van der Waals surface area (Å²) in [5.41, 5.74) is 3.52. The van der Waals surface area contributed by atoms with E-state index in [1.54, 1.807) is 12.1 Å². The highest BCUT2D eigenvalue weighted by Gasteiger charge is 2.19. The van der Waals surface area contributed by atoms with Gasteiger partial charge in [0, 0.05) is 0 Å². The summed E-state index contributed by atoms with van der Waals surface area (Å²) in [5.74, 6) is 5.55. The summed E-state index contributed by atoms with van der Waals surface area (Å²) >= 11 is 0. The lowest BCUT2D eigenvalue weighted by Gasteiger charge is -2.14. The molecular formula is C15H16N2O2. The molecule has 0 aromatic heterocycles. The second kappa shape index (κ2) is 6.68. The van der Waals surface area contributed by atoms with Crippen molar-refractivity contribution in [2.75, 3.05) is 0 Å². The molecule has 0 saturated heterocycles. The van der Waals surface area contributed by atoms with Gasteiger partial charge in [0.1, 0.15) is 11.8 Å². The minimum atomic E-state index is -0.567. The quantitative estimate of drug-likeness (QED) is 0.369. The first-order valence-electron chi connectivity index (χ1n) is 6.06. The normalized spacial score (nSPS) is 11.8. The lowest BCUT2D eigenvalue weighted by atomic mass is 10.1. The van der Waals surface area contributed by atoms with Crippen LogP contribution in [-0.2, 0) is 11.2 Å². The van der Waals surface area contributed by atoms with Gasteiger partial charge in [-0.25, -0.2) is 10.2 Å². The van der Waals surface area contributed by atoms with E-state index >= 15 is 0 Å². The molecule has 0 bridgehead atoms. The lowest BCUT2D eigenvalue weighted by molar-refractivity contribution is -0.136. The average molecular weight is 256 g/mol. The Hall–Kier alpha value is -2.17. The van der Waals surface area contributed by atoms with Gasteiger partial charge >= 0.3 is 5.97 Å². The first-order valence-corrected chi connectivity index (χ1v) is 6.06. The number of nitrogens with two attached hydrogens (primary N) is 1. The molecule has 0 spiro atoms. The summed E-state index contributed by atoms with van der Waals surface area (Å²) in [5, 5.41) is 0. The zero-order chi connectivity index (χ0) is 13.5. The smallest absolute Gasteiger partial charge is 0.330 e. The molecule has 2 aromatic rings. The van der Waals surface area contributed by atoms with E-state index in [1.807, 2.05) is 48.5 Å². The zero-order valence-electron chi connectivity index (χ0n) is 10.5. The van der Waals surface area contributed by atoms with Gasteiger partial charge in [-0.15, -0.1) is 0 Å². The summed E-state index contributed by atoms with van der Waals surface area (Å²) in [7, 11) is 0. The molecule has 0 fully saturated rings. The number of ether oxygens (including phenoxy) is 1. The van der Waals surface area contributed by atoms with Crippen molar-refractivity contribution in [3.05, 3.63) is 66.2 Å². The molecule has 0 aliphatic heterocycles. The molecule has 0 radical (unpaired) electrons. The lowest BCUT2D eigenvalue weighted by Crippen LogP contribution is -2.45. The molecule has 0 heterocycles. The maximum absolute atomic E-state index is 12.0. The summed E-state index contributed by atoms with van der Waals surface area (Å²) in [6.45, 7) is 0. The van der Waals surface area contributed by atoms with Gasteiger partial charge in [-0.1, -0.05) is 48.5 Å². The van der Waals surface area contributed by atoms with E-state index in [1.165, 1.54) is 0 Å². The Morgan fingerprint density at radius 1 is 1.05 bits per heavy atom. The number of para-hydroxylation sites is 1. The van der Waals surface area contributed by atoms with Gasteiger partial charge in [0.2, 0.25) is 0 Å². The molecule has 0 aliphatic rings. The number of benzene rings is 2. The van der Waals surface area contributed by atoms with Gasteiger partial charge in [-0.3, -0.25) is 5.84 Å². The molecule has 0 unspecified atom stereocenters. The van der Waals surface area contributed by atoms with Crippen LogP contribution in [0.4, 0.5) is 0 Å². The van der Waals surface area contributed by atoms with Crippen molar-refractivity contribution in [1.82, 2.24) is 5.43 Å². The number of hydrogen-bond donors (Lipinski definition) is 2. The van der Waals surface area contributed by atoms with E-state index in [2.05, 4.69) is 5.43 Å². The topological polar surface area (TPSA) is 64.3 Å². The molecule has 2 rings (SSSR count). The van der Waals surface area contributed by atoms with Crippen molar-refractivity contribution in [3.8, 4) is 5.75 Å². The van der Waals surface area contributed by atoms with Gasteiger partial charge in [-0.2, -0.15) is 0 Å². The second-order valence-electron chi connectivity index (χ2n) is 4.14. The maximum atomic E-state index is 12.0. The minimum absolute atomic E-state index is 0.391. The van der Waals surface area contributed by atoms with E-state index in [-0.39, 0.29) is 0 Å². The predicted molar refractivity (Wildman–Crippen MR) is 73.3 cm³/mol. The van der Waals surface area contributed by atoms with Crippen LogP contribution >= 0.6 is 0 Å². The number of nitrogens with one attached hydrogen (secondary N) is 1. The molecule has 4 heteroatoms. The number of carbonyl (C=O) groups excluding carboxylic acids is 1. The number of hydrogen-bond acceptors (Lipinski definition) is 4. The Balaban J connectivity index is 2.00. The Morgan fingerprint density at radius 2 is 1.63 bits per heavy atom. The van der Waals surface area contributed by atoms with Gasteiger partial charge in [0.15, 0.2) is 0 Å². The molecule has 4 nitrogen and oxygen atoms in total. The molecular weight excluding hydrogens is 240 g/mol. The van der Waals surface area contributed by atoms with Gasteiger partial charge in [-0.05, 0) is 24.1 Å². The Labute approximate surface area is 112 Å². The van der Waals surface area contributed by atoms with Crippen molar-refractivity contribution >= 4 is 5.97 Å². The summed E-state index contributed by atoms with van der Waals surface area (Å²) in [4.78, 5) is 12.0. The first-order chi connectivity index (χ1) is 9.29.